The Morgan fingerprint density at radius 2 is 1.80 bits per heavy atom. The van der Waals surface area contributed by atoms with Crippen molar-refractivity contribution in [2.45, 2.75) is 6.92 Å². The molecule has 1 amide bonds. The van der Waals surface area contributed by atoms with Crippen LogP contribution in [-0.4, -0.2) is 10.9 Å². The third-order valence-electron chi connectivity index (χ3n) is 3.51. The largest absolute Gasteiger partial charge is 0.340 e. The van der Waals surface area contributed by atoms with E-state index in [4.69, 9.17) is 23.2 Å². The Hall–Kier alpha value is -2.56. The molecule has 0 atom stereocenters. The van der Waals surface area contributed by atoms with E-state index in [1.54, 1.807) is 36.5 Å². The van der Waals surface area contributed by atoms with Gasteiger partial charge in [-0.15, -0.1) is 0 Å². The van der Waals surface area contributed by atoms with Gasteiger partial charge in [0.05, 0.1) is 15.6 Å². The molecule has 0 fully saturated rings. The van der Waals surface area contributed by atoms with E-state index in [1.165, 1.54) is 0 Å². The number of aromatic nitrogens is 1. The van der Waals surface area contributed by atoms with Gasteiger partial charge in [-0.05, 0) is 55.0 Å². The maximum atomic E-state index is 12.6. The van der Waals surface area contributed by atoms with Gasteiger partial charge in [-0.1, -0.05) is 35.3 Å². The van der Waals surface area contributed by atoms with E-state index in [2.05, 4.69) is 15.6 Å². The molecule has 1 aromatic heterocycles. The Bertz CT molecular complexity index is 928. The van der Waals surface area contributed by atoms with E-state index in [9.17, 15) is 4.79 Å². The normalized spacial score (nSPS) is 10.4. The molecule has 0 aliphatic carbocycles. The second-order valence-electron chi connectivity index (χ2n) is 5.48. The van der Waals surface area contributed by atoms with Crippen molar-refractivity contribution in [3.8, 4) is 0 Å². The van der Waals surface area contributed by atoms with Gasteiger partial charge >= 0.3 is 0 Å². The van der Waals surface area contributed by atoms with Crippen LogP contribution in [-0.2, 0) is 0 Å². The van der Waals surface area contributed by atoms with Crippen molar-refractivity contribution >= 4 is 46.3 Å². The van der Waals surface area contributed by atoms with Crippen molar-refractivity contribution < 1.29 is 4.79 Å². The number of hydrogen-bond donors (Lipinski definition) is 2. The Morgan fingerprint density at radius 3 is 2.56 bits per heavy atom. The molecule has 0 saturated heterocycles. The maximum absolute atomic E-state index is 12.6. The Morgan fingerprint density at radius 1 is 0.960 bits per heavy atom. The average molecular weight is 372 g/mol. The number of halogens is 2. The van der Waals surface area contributed by atoms with E-state index in [0.717, 1.165) is 11.3 Å². The smallest absolute Gasteiger partial charge is 0.259 e. The Kier molecular flexibility index (Phi) is 5.22. The first-order valence-corrected chi connectivity index (χ1v) is 8.33. The van der Waals surface area contributed by atoms with Crippen LogP contribution in [0.2, 0.25) is 10.0 Å². The van der Waals surface area contributed by atoms with E-state index >= 15 is 0 Å². The quantitative estimate of drug-likeness (QED) is 0.618. The lowest BCUT2D eigenvalue weighted by molar-refractivity contribution is 0.102. The molecule has 0 radical (unpaired) electrons. The molecule has 0 aliphatic heterocycles. The summed E-state index contributed by atoms with van der Waals surface area (Å²) in [6.07, 6.45) is 1.63. The molecule has 0 unspecified atom stereocenters. The number of carbonyl (C=O) groups excluding carboxylic acids is 1. The second-order valence-corrected chi connectivity index (χ2v) is 6.29. The van der Waals surface area contributed by atoms with Crippen LogP contribution in [0.5, 0.6) is 0 Å². The number of nitrogens with zero attached hydrogens (tertiary/aromatic N) is 1. The van der Waals surface area contributed by atoms with Crippen molar-refractivity contribution in [1.82, 2.24) is 4.98 Å². The molecule has 1 heterocycles. The number of nitrogens with one attached hydrogen (secondary N) is 2. The first-order valence-electron chi connectivity index (χ1n) is 7.58. The van der Waals surface area contributed by atoms with E-state index in [1.807, 2.05) is 31.2 Å². The van der Waals surface area contributed by atoms with Crippen molar-refractivity contribution in [3.63, 3.8) is 0 Å². The number of aryl methyl sites for hydroxylation is 1. The van der Waals surface area contributed by atoms with Gasteiger partial charge in [0.15, 0.2) is 0 Å². The van der Waals surface area contributed by atoms with Gasteiger partial charge in [-0.25, -0.2) is 4.98 Å². The van der Waals surface area contributed by atoms with Crippen LogP contribution >= 0.6 is 23.2 Å². The van der Waals surface area contributed by atoms with Crippen LogP contribution in [0.25, 0.3) is 0 Å². The molecular weight excluding hydrogens is 357 g/mol. The number of benzene rings is 2. The van der Waals surface area contributed by atoms with Crippen LogP contribution in [0.3, 0.4) is 0 Å². The lowest BCUT2D eigenvalue weighted by Gasteiger charge is -2.12. The monoisotopic (exact) mass is 371 g/mol. The summed E-state index contributed by atoms with van der Waals surface area (Å²) in [7, 11) is 0. The highest BCUT2D eigenvalue weighted by Crippen LogP contribution is 2.26. The summed E-state index contributed by atoms with van der Waals surface area (Å²) in [6.45, 7) is 2.00. The lowest BCUT2D eigenvalue weighted by atomic mass is 10.2. The summed E-state index contributed by atoms with van der Waals surface area (Å²) in [4.78, 5) is 16.9. The van der Waals surface area contributed by atoms with E-state index < -0.39 is 0 Å². The second kappa shape index (κ2) is 7.55. The summed E-state index contributed by atoms with van der Waals surface area (Å²) in [5.41, 5.74) is 2.96. The predicted molar refractivity (Wildman–Crippen MR) is 103 cm³/mol. The molecule has 0 bridgehead atoms. The minimum atomic E-state index is -0.290. The topological polar surface area (TPSA) is 54.0 Å². The maximum Gasteiger partial charge on any atom is 0.259 e. The molecule has 3 rings (SSSR count). The Balaban J connectivity index is 1.84. The van der Waals surface area contributed by atoms with Crippen molar-refractivity contribution in [1.29, 1.82) is 0 Å². The zero-order chi connectivity index (χ0) is 17.8. The van der Waals surface area contributed by atoms with Gasteiger partial charge in [0.1, 0.15) is 5.82 Å². The van der Waals surface area contributed by atoms with Crippen LogP contribution in [0.1, 0.15) is 15.9 Å². The highest BCUT2D eigenvalue weighted by atomic mass is 35.5. The first-order chi connectivity index (χ1) is 12.0. The van der Waals surface area contributed by atoms with Crippen molar-refractivity contribution in [2.75, 3.05) is 10.6 Å². The third kappa shape index (κ3) is 4.29. The number of hydrogen-bond acceptors (Lipinski definition) is 3. The van der Waals surface area contributed by atoms with Gasteiger partial charge < -0.3 is 10.6 Å². The molecule has 25 heavy (non-hydrogen) atoms. The molecule has 2 N–H and O–H groups in total. The molecule has 0 saturated carbocycles. The molecule has 2 aromatic carbocycles. The van der Waals surface area contributed by atoms with Gasteiger partial charge in [0.2, 0.25) is 0 Å². The van der Waals surface area contributed by atoms with Gasteiger partial charge in [0.25, 0.3) is 5.91 Å². The van der Waals surface area contributed by atoms with E-state index in [-0.39, 0.29) is 5.91 Å². The third-order valence-corrected chi connectivity index (χ3v) is 4.25. The highest BCUT2D eigenvalue weighted by molar-refractivity contribution is 6.42. The first kappa shape index (κ1) is 17.3. The standard InChI is InChI=1S/C19H15Cl2N3O/c1-12-4-2-5-13(10-12)23-18-15(6-3-9-22-18)19(25)24-14-7-8-16(20)17(21)11-14/h2-11H,1H3,(H,22,23)(H,24,25). The summed E-state index contributed by atoms with van der Waals surface area (Å²) < 4.78 is 0. The molecule has 6 heteroatoms. The highest BCUT2D eigenvalue weighted by Gasteiger charge is 2.13. The number of anilines is 3. The van der Waals surface area contributed by atoms with Crippen LogP contribution in [0, 0.1) is 6.92 Å². The van der Waals surface area contributed by atoms with Gasteiger partial charge in [-0.3, -0.25) is 4.79 Å². The van der Waals surface area contributed by atoms with E-state index in [0.29, 0.717) is 27.1 Å². The molecule has 0 spiro atoms. The van der Waals surface area contributed by atoms with Crippen LogP contribution in [0.4, 0.5) is 17.2 Å². The molecule has 3 aromatic rings. The Labute approximate surface area is 155 Å². The fourth-order valence-corrected chi connectivity index (χ4v) is 2.62. The number of pyridine rings is 1. The van der Waals surface area contributed by atoms with Crippen molar-refractivity contribution in [3.05, 3.63) is 82.0 Å². The minimum absolute atomic E-state index is 0.290. The predicted octanol–water partition coefficient (Wildman–Crippen LogP) is 5.69. The number of rotatable bonds is 4. The minimum Gasteiger partial charge on any atom is -0.340 e. The SMILES string of the molecule is Cc1cccc(Nc2ncccc2C(=O)Nc2ccc(Cl)c(Cl)c2)c1. The zero-order valence-electron chi connectivity index (χ0n) is 13.4. The summed E-state index contributed by atoms with van der Waals surface area (Å²) >= 11 is 11.9. The van der Waals surface area contributed by atoms with Gasteiger partial charge in [-0.2, -0.15) is 0 Å². The average Bonchev–Trinajstić information content (AvgIpc) is 2.59. The van der Waals surface area contributed by atoms with Crippen LogP contribution < -0.4 is 10.6 Å². The number of amides is 1. The molecule has 4 nitrogen and oxygen atoms in total. The van der Waals surface area contributed by atoms with Crippen molar-refractivity contribution in [2.24, 2.45) is 0 Å². The van der Waals surface area contributed by atoms with Crippen LogP contribution in [0.15, 0.2) is 60.8 Å². The summed E-state index contributed by atoms with van der Waals surface area (Å²) in [5, 5.41) is 6.79. The van der Waals surface area contributed by atoms with Gasteiger partial charge in [0, 0.05) is 17.6 Å². The summed E-state index contributed by atoms with van der Waals surface area (Å²) in [5.74, 6) is 0.187. The molecule has 126 valence electrons. The summed E-state index contributed by atoms with van der Waals surface area (Å²) in [6, 6.07) is 16.2. The zero-order valence-corrected chi connectivity index (χ0v) is 14.9. The molecular formula is C19H15Cl2N3O. The fourth-order valence-electron chi connectivity index (χ4n) is 2.32. The fraction of sp³-hybridized carbons (Fsp3) is 0.0526. The number of carbonyl (C=O) groups is 1. The molecule has 0 aliphatic rings. The lowest BCUT2D eigenvalue weighted by Crippen LogP contribution is -2.14.